The quantitative estimate of drug-likeness (QED) is 0.285. The van der Waals surface area contributed by atoms with Crippen molar-refractivity contribution in [3.8, 4) is 5.75 Å². The third-order valence-electron chi connectivity index (χ3n) is 10.00. The van der Waals surface area contributed by atoms with Crippen LogP contribution in [0.4, 0.5) is 0 Å². The van der Waals surface area contributed by atoms with Crippen LogP contribution in [0.1, 0.15) is 82.8 Å². The van der Waals surface area contributed by atoms with Gasteiger partial charge in [0.15, 0.2) is 0 Å². The van der Waals surface area contributed by atoms with Crippen LogP contribution in [-0.4, -0.2) is 66.2 Å². The van der Waals surface area contributed by atoms with Crippen LogP contribution >= 0.6 is 0 Å². The van der Waals surface area contributed by atoms with Crippen LogP contribution in [-0.2, 0) is 16.6 Å². The van der Waals surface area contributed by atoms with Crippen LogP contribution < -0.4 is 4.74 Å². The molecule has 1 saturated heterocycles. The highest BCUT2D eigenvalue weighted by Gasteiger charge is 2.53. The number of hydrogen-bond donors (Lipinski definition) is 1. The molecule has 0 radical (unpaired) electrons. The van der Waals surface area contributed by atoms with E-state index in [9.17, 15) is 9.90 Å². The summed E-state index contributed by atoms with van der Waals surface area (Å²) in [5.41, 5.74) is 2.49. The number of amides is 1. The first-order valence-corrected chi connectivity index (χ1v) is 16.3. The maximum atomic E-state index is 13.8. The molecule has 3 aliphatic rings. The van der Waals surface area contributed by atoms with E-state index in [1.807, 2.05) is 6.07 Å². The first-order valence-electron chi connectivity index (χ1n) is 16.3. The first kappa shape index (κ1) is 30.1. The number of aliphatic hydroxyl groups is 1. The Morgan fingerprint density at radius 3 is 2.63 bits per heavy atom. The van der Waals surface area contributed by atoms with Gasteiger partial charge in [-0.1, -0.05) is 62.7 Å². The molecule has 1 aliphatic heterocycles. The Morgan fingerprint density at radius 1 is 1.10 bits per heavy atom. The topological polar surface area (TPSA) is 53.0 Å². The zero-order chi connectivity index (χ0) is 28.8. The van der Waals surface area contributed by atoms with Crippen LogP contribution in [0.15, 0.2) is 54.6 Å². The van der Waals surface area contributed by atoms with Gasteiger partial charge in [0.2, 0.25) is 5.91 Å². The molecule has 0 bridgehead atoms. The molecule has 0 spiro atoms. The minimum atomic E-state index is -0.421. The molecule has 5 rings (SSSR count). The van der Waals surface area contributed by atoms with E-state index in [0.29, 0.717) is 18.8 Å². The van der Waals surface area contributed by atoms with Crippen molar-refractivity contribution in [3.05, 3.63) is 65.7 Å². The van der Waals surface area contributed by atoms with Crippen molar-refractivity contribution in [3.63, 3.8) is 0 Å². The number of methoxy groups -OCH3 is 1. The van der Waals surface area contributed by atoms with Gasteiger partial charge in [0.05, 0.1) is 13.2 Å². The van der Waals surface area contributed by atoms with Crippen LogP contribution in [0.2, 0.25) is 0 Å². The van der Waals surface area contributed by atoms with Crippen LogP contribution in [0.5, 0.6) is 5.75 Å². The highest BCUT2D eigenvalue weighted by molar-refractivity contribution is 5.76. The van der Waals surface area contributed by atoms with E-state index in [2.05, 4.69) is 72.2 Å². The zero-order valence-electron chi connectivity index (χ0n) is 25.6. The highest BCUT2D eigenvalue weighted by Crippen LogP contribution is 2.51. The molecule has 1 unspecified atom stereocenters. The van der Waals surface area contributed by atoms with E-state index >= 15 is 0 Å². The number of unbranched alkanes of at least 4 members (excludes halogenated alkanes) is 2. The predicted molar refractivity (Wildman–Crippen MR) is 166 cm³/mol. The number of rotatable bonds is 13. The Hall–Kier alpha value is -2.37. The fraction of sp³-hybridized carbons (Fsp3) is 0.639. The zero-order valence-corrected chi connectivity index (χ0v) is 25.6. The molecule has 5 heteroatoms. The molecule has 224 valence electrons. The number of carbonyl (C=O) groups is 1. The van der Waals surface area contributed by atoms with E-state index < -0.39 is 6.10 Å². The molecule has 1 heterocycles. The van der Waals surface area contributed by atoms with Crippen LogP contribution in [0.25, 0.3) is 0 Å². The van der Waals surface area contributed by atoms with Gasteiger partial charge >= 0.3 is 0 Å². The Morgan fingerprint density at radius 2 is 1.90 bits per heavy atom. The van der Waals surface area contributed by atoms with Crippen molar-refractivity contribution in [1.29, 1.82) is 0 Å². The van der Waals surface area contributed by atoms with Gasteiger partial charge in [0.1, 0.15) is 5.75 Å². The normalized spacial score (nSPS) is 26.5. The fourth-order valence-corrected chi connectivity index (χ4v) is 7.67. The standard InChI is InChI=1S/C36H52N2O3/c1-27(2)24-38(35(40)16-9-5-8-13-28-11-6-4-7-12-28)31-22-34(39)33-26-37(25-29-17-18-29)20-19-36(33,23-31)30-14-10-15-32(21-30)41-3/h4,6-7,10-12,14-15,21,27,29,31,33-34,39H,5,8-9,13,16-20,22-26H2,1-3H3/t31-,33-,34?,36-/m0/s1. The number of aryl methyl sites for hydroxylation is 1. The summed E-state index contributed by atoms with van der Waals surface area (Å²) in [5, 5.41) is 11.8. The average Bonchev–Trinajstić information content (AvgIpc) is 3.80. The molecule has 3 fully saturated rings. The molecular weight excluding hydrogens is 508 g/mol. The summed E-state index contributed by atoms with van der Waals surface area (Å²) in [6, 6.07) is 19.2. The van der Waals surface area contributed by atoms with Gasteiger partial charge in [-0.2, -0.15) is 0 Å². The molecule has 2 aromatic carbocycles. The molecule has 0 aromatic heterocycles. The van der Waals surface area contributed by atoms with E-state index in [0.717, 1.165) is 69.8 Å². The first-order chi connectivity index (χ1) is 19.9. The Bertz CT molecular complexity index is 1120. The summed E-state index contributed by atoms with van der Waals surface area (Å²) in [7, 11) is 1.73. The summed E-state index contributed by atoms with van der Waals surface area (Å²) >= 11 is 0. The van der Waals surface area contributed by atoms with Crippen molar-refractivity contribution >= 4 is 5.91 Å². The number of hydrogen-bond acceptors (Lipinski definition) is 4. The number of ether oxygens (including phenoxy) is 1. The van der Waals surface area contributed by atoms with Gasteiger partial charge in [-0.25, -0.2) is 0 Å². The highest BCUT2D eigenvalue weighted by atomic mass is 16.5. The largest absolute Gasteiger partial charge is 0.497 e. The molecule has 2 saturated carbocycles. The summed E-state index contributed by atoms with van der Waals surface area (Å²) in [6.07, 6.45) is 9.68. The summed E-state index contributed by atoms with van der Waals surface area (Å²) in [6.45, 7) is 8.34. The number of piperidine rings is 1. The molecular formula is C36H52N2O3. The number of nitrogens with zero attached hydrogens (tertiary/aromatic N) is 2. The monoisotopic (exact) mass is 560 g/mol. The van der Waals surface area contributed by atoms with Crippen molar-refractivity contribution in [2.24, 2.45) is 17.8 Å². The third-order valence-corrected chi connectivity index (χ3v) is 10.00. The Labute approximate surface area is 248 Å². The van der Waals surface area contributed by atoms with Crippen molar-refractivity contribution < 1.29 is 14.6 Å². The molecule has 1 N–H and O–H groups in total. The lowest BCUT2D eigenvalue weighted by Gasteiger charge is -2.56. The number of likely N-dealkylation sites (tertiary alicyclic amines) is 1. The predicted octanol–water partition coefficient (Wildman–Crippen LogP) is 6.48. The molecule has 2 aliphatic carbocycles. The minimum Gasteiger partial charge on any atom is -0.497 e. The van der Waals surface area contributed by atoms with E-state index in [4.69, 9.17) is 4.74 Å². The van der Waals surface area contributed by atoms with Crippen LogP contribution in [0.3, 0.4) is 0 Å². The van der Waals surface area contributed by atoms with Gasteiger partial charge in [-0.15, -0.1) is 0 Å². The summed E-state index contributed by atoms with van der Waals surface area (Å²) in [5.74, 6) is 2.55. The smallest absolute Gasteiger partial charge is 0.222 e. The second kappa shape index (κ2) is 13.7. The van der Waals surface area contributed by atoms with Crippen molar-refractivity contribution in [2.45, 2.75) is 95.6 Å². The van der Waals surface area contributed by atoms with Crippen LogP contribution in [0, 0.1) is 17.8 Å². The lowest BCUT2D eigenvalue weighted by atomic mass is 9.56. The number of fused-ring (bicyclic) bond motifs is 1. The van der Waals surface area contributed by atoms with Gasteiger partial charge in [-0.05, 0) is 93.0 Å². The second-order valence-electron chi connectivity index (χ2n) is 13.6. The van der Waals surface area contributed by atoms with Gasteiger partial charge in [0.25, 0.3) is 0 Å². The van der Waals surface area contributed by atoms with Crippen molar-refractivity contribution in [2.75, 3.05) is 33.3 Å². The van der Waals surface area contributed by atoms with E-state index in [1.165, 1.54) is 30.5 Å². The minimum absolute atomic E-state index is 0.0571. The molecule has 41 heavy (non-hydrogen) atoms. The van der Waals surface area contributed by atoms with E-state index in [1.54, 1.807) is 7.11 Å². The number of aliphatic hydroxyl groups excluding tert-OH is 1. The Balaban J connectivity index is 1.31. The Kier molecular flexibility index (Phi) is 10.1. The van der Waals surface area contributed by atoms with Gasteiger partial charge in [-0.3, -0.25) is 4.79 Å². The van der Waals surface area contributed by atoms with Gasteiger partial charge in [0, 0.05) is 43.4 Å². The maximum absolute atomic E-state index is 13.8. The third kappa shape index (κ3) is 7.53. The van der Waals surface area contributed by atoms with Gasteiger partial charge < -0.3 is 19.6 Å². The van der Waals surface area contributed by atoms with E-state index in [-0.39, 0.29) is 23.3 Å². The average molecular weight is 561 g/mol. The lowest BCUT2D eigenvalue weighted by molar-refractivity contribution is -0.139. The number of carbonyl (C=O) groups excluding carboxylic acids is 1. The molecule has 1 amide bonds. The SMILES string of the molecule is COc1cccc([C@@]23CCN(CC4CC4)C[C@H]2C(O)C[C@H](N(CC(C)C)C(=O)CCCCCc2ccccc2)C3)c1. The summed E-state index contributed by atoms with van der Waals surface area (Å²) < 4.78 is 5.65. The maximum Gasteiger partial charge on any atom is 0.222 e. The summed E-state index contributed by atoms with van der Waals surface area (Å²) in [4.78, 5) is 18.6. The molecule has 2 aromatic rings. The van der Waals surface area contributed by atoms with Crippen molar-refractivity contribution in [1.82, 2.24) is 9.80 Å². The fourth-order valence-electron chi connectivity index (χ4n) is 7.67. The second-order valence-corrected chi connectivity index (χ2v) is 13.6. The molecule has 5 nitrogen and oxygen atoms in total. The molecule has 4 atom stereocenters. The number of benzene rings is 2. The lowest BCUT2D eigenvalue weighted by Crippen LogP contribution is -2.61.